The number of rotatable bonds is 3. The highest BCUT2D eigenvalue weighted by Gasteiger charge is 2.21. The van der Waals surface area contributed by atoms with Crippen LogP contribution in [0.3, 0.4) is 0 Å². The first kappa shape index (κ1) is 11.2. The molecule has 1 aliphatic heterocycles. The molecule has 1 aliphatic rings. The van der Waals surface area contributed by atoms with E-state index in [2.05, 4.69) is 9.88 Å². The molecule has 1 saturated heterocycles. The minimum absolute atomic E-state index is 0.0167. The molecule has 1 aromatic rings. The molecule has 2 heterocycles. The van der Waals surface area contributed by atoms with Crippen LogP contribution in [0.15, 0.2) is 18.5 Å². The number of aromatic nitrogens is 1. The van der Waals surface area contributed by atoms with Crippen LogP contribution < -0.4 is 0 Å². The van der Waals surface area contributed by atoms with E-state index in [1.807, 2.05) is 0 Å². The minimum Gasteiger partial charge on any atom is -0.302 e. The smallest absolute Gasteiger partial charge is 0.141 e. The van der Waals surface area contributed by atoms with Crippen molar-refractivity contribution in [2.24, 2.45) is 0 Å². The zero-order chi connectivity index (χ0) is 11.4. The van der Waals surface area contributed by atoms with Gasteiger partial charge in [-0.2, -0.15) is 0 Å². The second kappa shape index (κ2) is 5.16. The summed E-state index contributed by atoms with van der Waals surface area (Å²) in [5.74, 6) is -0.322. The molecule has 1 unspecified atom stereocenters. The molecule has 2 rings (SSSR count). The lowest BCUT2D eigenvalue weighted by molar-refractivity contribution is -0.113. The Balaban J connectivity index is 2.04. The third-order valence-corrected chi connectivity index (χ3v) is 2.97. The third kappa shape index (κ3) is 2.64. The second-order valence-electron chi connectivity index (χ2n) is 4.18. The SMILES string of the molecule is O=CC1CCCCN1Cc1cncc(F)c1. The summed E-state index contributed by atoms with van der Waals surface area (Å²) in [6.45, 7) is 1.51. The minimum atomic E-state index is -0.322. The molecule has 4 heteroatoms. The van der Waals surface area contributed by atoms with Gasteiger partial charge in [0.25, 0.3) is 0 Å². The van der Waals surface area contributed by atoms with E-state index in [0.29, 0.717) is 6.54 Å². The van der Waals surface area contributed by atoms with E-state index in [4.69, 9.17) is 0 Å². The molecule has 0 aliphatic carbocycles. The van der Waals surface area contributed by atoms with Crippen molar-refractivity contribution >= 4 is 6.29 Å². The quantitative estimate of drug-likeness (QED) is 0.731. The van der Waals surface area contributed by atoms with Crippen LogP contribution in [0.4, 0.5) is 4.39 Å². The fraction of sp³-hybridized carbons (Fsp3) is 0.500. The normalized spacial score (nSPS) is 21.9. The fourth-order valence-electron chi connectivity index (χ4n) is 2.14. The molecular formula is C12H15FN2O. The Morgan fingerprint density at radius 2 is 2.38 bits per heavy atom. The van der Waals surface area contributed by atoms with Crippen molar-refractivity contribution in [3.63, 3.8) is 0 Å². The first-order chi connectivity index (χ1) is 7.79. The molecule has 1 aromatic heterocycles. The maximum Gasteiger partial charge on any atom is 0.141 e. The highest BCUT2D eigenvalue weighted by atomic mass is 19.1. The lowest BCUT2D eigenvalue weighted by atomic mass is 10.0. The number of carbonyl (C=O) groups excluding carboxylic acids is 1. The van der Waals surface area contributed by atoms with Gasteiger partial charge in [-0.15, -0.1) is 0 Å². The van der Waals surface area contributed by atoms with Gasteiger partial charge in [0.15, 0.2) is 0 Å². The molecule has 0 saturated carbocycles. The molecule has 0 aromatic carbocycles. The monoisotopic (exact) mass is 222 g/mol. The Hall–Kier alpha value is -1.29. The fourth-order valence-corrected chi connectivity index (χ4v) is 2.14. The van der Waals surface area contributed by atoms with Gasteiger partial charge in [-0.25, -0.2) is 4.39 Å². The van der Waals surface area contributed by atoms with Crippen LogP contribution in [0.1, 0.15) is 24.8 Å². The molecule has 86 valence electrons. The largest absolute Gasteiger partial charge is 0.302 e. The number of halogens is 1. The van der Waals surface area contributed by atoms with Crippen molar-refractivity contribution in [2.45, 2.75) is 31.8 Å². The first-order valence-electron chi connectivity index (χ1n) is 5.58. The Kier molecular flexibility index (Phi) is 3.62. The van der Waals surface area contributed by atoms with Crippen molar-refractivity contribution in [1.82, 2.24) is 9.88 Å². The lowest BCUT2D eigenvalue weighted by Crippen LogP contribution is -2.39. The number of likely N-dealkylation sites (tertiary alicyclic amines) is 1. The van der Waals surface area contributed by atoms with E-state index in [0.717, 1.165) is 37.7 Å². The molecule has 0 amide bonds. The number of nitrogens with zero attached hydrogens (tertiary/aromatic N) is 2. The summed E-state index contributed by atoms with van der Waals surface area (Å²) in [4.78, 5) is 16.8. The topological polar surface area (TPSA) is 33.2 Å². The van der Waals surface area contributed by atoms with Crippen LogP contribution in [0, 0.1) is 5.82 Å². The van der Waals surface area contributed by atoms with E-state index in [1.165, 1.54) is 12.3 Å². The number of pyridine rings is 1. The van der Waals surface area contributed by atoms with Gasteiger partial charge in [0, 0.05) is 12.7 Å². The maximum atomic E-state index is 12.9. The number of aldehydes is 1. The van der Waals surface area contributed by atoms with Crippen LogP contribution in [0.5, 0.6) is 0 Å². The molecule has 1 atom stereocenters. The average molecular weight is 222 g/mol. The molecule has 0 N–H and O–H groups in total. The van der Waals surface area contributed by atoms with Crippen molar-refractivity contribution in [2.75, 3.05) is 6.54 Å². The molecule has 0 bridgehead atoms. The summed E-state index contributed by atoms with van der Waals surface area (Å²) in [6, 6.07) is 1.46. The van der Waals surface area contributed by atoms with E-state index in [9.17, 15) is 9.18 Å². The van der Waals surface area contributed by atoms with Gasteiger partial charge in [-0.05, 0) is 31.0 Å². The first-order valence-corrected chi connectivity index (χ1v) is 5.58. The lowest BCUT2D eigenvalue weighted by Gasteiger charge is -2.32. The summed E-state index contributed by atoms with van der Waals surface area (Å²) >= 11 is 0. The summed E-state index contributed by atoms with van der Waals surface area (Å²) in [6.07, 6.45) is 6.95. The van der Waals surface area contributed by atoms with E-state index in [1.54, 1.807) is 6.20 Å². The summed E-state index contributed by atoms with van der Waals surface area (Å²) in [7, 11) is 0. The zero-order valence-corrected chi connectivity index (χ0v) is 9.10. The third-order valence-electron chi connectivity index (χ3n) is 2.97. The molecule has 16 heavy (non-hydrogen) atoms. The van der Waals surface area contributed by atoms with E-state index in [-0.39, 0.29) is 11.9 Å². The van der Waals surface area contributed by atoms with Crippen LogP contribution in [0.25, 0.3) is 0 Å². The second-order valence-corrected chi connectivity index (χ2v) is 4.18. The highest BCUT2D eigenvalue weighted by Crippen LogP contribution is 2.18. The van der Waals surface area contributed by atoms with Crippen LogP contribution in [-0.4, -0.2) is 28.8 Å². The highest BCUT2D eigenvalue weighted by molar-refractivity contribution is 5.57. The Bertz CT molecular complexity index is 370. The average Bonchev–Trinajstić information content (AvgIpc) is 2.30. The predicted octanol–water partition coefficient (Wildman–Crippen LogP) is 1.77. The van der Waals surface area contributed by atoms with E-state index >= 15 is 0 Å². The molecule has 0 spiro atoms. The van der Waals surface area contributed by atoms with Crippen LogP contribution in [0.2, 0.25) is 0 Å². The number of hydrogen-bond donors (Lipinski definition) is 0. The predicted molar refractivity (Wildman–Crippen MR) is 58.3 cm³/mol. The van der Waals surface area contributed by atoms with Crippen molar-refractivity contribution in [3.8, 4) is 0 Å². The van der Waals surface area contributed by atoms with Gasteiger partial charge in [0.05, 0.1) is 12.2 Å². The molecular weight excluding hydrogens is 207 g/mol. The standard InChI is InChI=1S/C12H15FN2O/c13-11-5-10(6-14-7-11)8-15-4-2-1-3-12(15)9-16/h5-7,9,12H,1-4,8H2. The number of carbonyl (C=O) groups is 1. The van der Waals surface area contributed by atoms with Gasteiger partial charge < -0.3 is 4.79 Å². The van der Waals surface area contributed by atoms with Gasteiger partial charge in [-0.3, -0.25) is 9.88 Å². The van der Waals surface area contributed by atoms with Crippen LogP contribution in [-0.2, 0) is 11.3 Å². The molecule has 0 radical (unpaired) electrons. The van der Waals surface area contributed by atoms with Gasteiger partial charge in [0.2, 0.25) is 0 Å². The molecule has 3 nitrogen and oxygen atoms in total. The molecule has 1 fully saturated rings. The van der Waals surface area contributed by atoms with Gasteiger partial charge in [0.1, 0.15) is 12.1 Å². The Morgan fingerprint density at radius 3 is 3.12 bits per heavy atom. The number of piperidine rings is 1. The van der Waals surface area contributed by atoms with Crippen molar-refractivity contribution in [1.29, 1.82) is 0 Å². The van der Waals surface area contributed by atoms with E-state index < -0.39 is 0 Å². The van der Waals surface area contributed by atoms with Crippen molar-refractivity contribution < 1.29 is 9.18 Å². The Morgan fingerprint density at radius 1 is 1.50 bits per heavy atom. The summed E-state index contributed by atoms with van der Waals surface area (Å²) in [5, 5.41) is 0. The zero-order valence-electron chi connectivity index (χ0n) is 9.10. The van der Waals surface area contributed by atoms with Gasteiger partial charge >= 0.3 is 0 Å². The number of hydrogen-bond acceptors (Lipinski definition) is 3. The van der Waals surface area contributed by atoms with Gasteiger partial charge in [-0.1, -0.05) is 6.42 Å². The summed E-state index contributed by atoms with van der Waals surface area (Å²) in [5.41, 5.74) is 0.828. The van der Waals surface area contributed by atoms with Crippen molar-refractivity contribution in [3.05, 3.63) is 29.8 Å². The summed E-state index contributed by atoms with van der Waals surface area (Å²) < 4.78 is 12.9. The maximum absolute atomic E-state index is 12.9. The van der Waals surface area contributed by atoms with Crippen LogP contribution >= 0.6 is 0 Å². The Labute approximate surface area is 94.3 Å².